The molecule has 0 bridgehead atoms. The van der Waals surface area contributed by atoms with Crippen LogP contribution < -0.4 is 5.73 Å². The number of aryl methyl sites for hydroxylation is 1. The van der Waals surface area contributed by atoms with Crippen molar-refractivity contribution in [1.29, 1.82) is 0 Å². The van der Waals surface area contributed by atoms with Crippen molar-refractivity contribution in [3.63, 3.8) is 0 Å². The van der Waals surface area contributed by atoms with Crippen LogP contribution >= 0.6 is 0 Å². The number of fused-ring (bicyclic) bond motifs is 3. The standard InChI is InChI=1S/C31H34N2O7/c1-4-16-12-17(11-10-15-8-6-5-7-9-15)25(34)22-19(16)13-18-14-20-24(33(2)3)27(36)23(30(32)39)29(38)31(20,40)28(37)21(18)26(22)35/h8,12,18,20,24,34,36-37,40H,4-7,9,13-14H2,1-3H3,(H2,32,39). The van der Waals surface area contributed by atoms with Gasteiger partial charge < -0.3 is 26.2 Å². The molecule has 0 heterocycles. The third-order valence-electron chi connectivity index (χ3n) is 8.84. The van der Waals surface area contributed by atoms with Crippen LogP contribution in [0.4, 0.5) is 0 Å². The highest BCUT2D eigenvalue weighted by Gasteiger charge is 2.63. The van der Waals surface area contributed by atoms with Crippen LogP contribution in [-0.2, 0) is 22.4 Å². The summed E-state index contributed by atoms with van der Waals surface area (Å²) in [6.45, 7) is 1.94. The van der Waals surface area contributed by atoms with E-state index >= 15 is 0 Å². The first-order chi connectivity index (χ1) is 18.9. The number of aliphatic hydroxyl groups excluding tert-OH is 2. The van der Waals surface area contributed by atoms with Crippen LogP contribution in [0, 0.1) is 23.7 Å². The molecule has 40 heavy (non-hydrogen) atoms. The number of hydrogen-bond acceptors (Lipinski definition) is 8. The monoisotopic (exact) mass is 546 g/mol. The van der Waals surface area contributed by atoms with Gasteiger partial charge >= 0.3 is 0 Å². The normalized spacial score (nSPS) is 27.9. The highest BCUT2D eigenvalue weighted by Crippen LogP contribution is 2.52. The van der Waals surface area contributed by atoms with Crippen molar-refractivity contribution < 1.29 is 34.8 Å². The van der Waals surface area contributed by atoms with Crippen LogP contribution in [0.25, 0.3) is 0 Å². The molecule has 0 saturated heterocycles. The molecule has 9 nitrogen and oxygen atoms in total. The van der Waals surface area contributed by atoms with Crippen molar-refractivity contribution in [2.75, 3.05) is 14.1 Å². The lowest BCUT2D eigenvalue weighted by Crippen LogP contribution is -2.63. The highest BCUT2D eigenvalue weighted by atomic mass is 16.3. The molecule has 4 aliphatic carbocycles. The highest BCUT2D eigenvalue weighted by molar-refractivity contribution is 6.24. The second-order valence-electron chi connectivity index (χ2n) is 11.3. The number of primary amides is 1. The van der Waals surface area contributed by atoms with Gasteiger partial charge in [0.1, 0.15) is 22.8 Å². The molecule has 4 atom stereocenters. The molecule has 4 unspecified atom stereocenters. The fraction of sp³-hybridized carbons (Fsp3) is 0.452. The van der Waals surface area contributed by atoms with Gasteiger partial charge in [0.2, 0.25) is 5.78 Å². The number of carbonyl (C=O) groups excluding carboxylic acids is 3. The summed E-state index contributed by atoms with van der Waals surface area (Å²) in [6, 6.07) is 0.780. The van der Waals surface area contributed by atoms with Gasteiger partial charge in [-0.3, -0.25) is 19.3 Å². The van der Waals surface area contributed by atoms with Crippen LogP contribution in [0.15, 0.2) is 40.4 Å². The first-order valence-corrected chi connectivity index (χ1v) is 13.7. The molecule has 0 spiro atoms. The predicted octanol–water partition coefficient (Wildman–Crippen LogP) is 2.53. The quantitative estimate of drug-likeness (QED) is 0.285. The second-order valence-corrected chi connectivity index (χ2v) is 11.3. The number of carbonyl (C=O) groups is 3. The van der Waals surface area contributed by atoms with Gasteiger partial charge in [0, 0.05) is 11.5 Å². The number of ketones is 2. The van der Waals surface area contributed by atoms with E-state index < -0.39 is 58.0 Å². The van der Waals surface area contributed by atoms with Gasteiger partial charge in [0.05, 0.1) is 17.2 Å². The number of rotatable bonds is 3. The Morgan fingerprint density at radius 2 is 1.90 bits per heavy atom. The Balaban J connectivity index is 1.68. The number of phenols is 1. The average Bonchev–Trinajstić information content (AvgIpc) is 2.90. The van der Waals surface area contributed by atoms with E-state index in [1.165, 1.54) is 4.90 Å². The zero-order chi connectivity index (χ0) is 29.1. The number of hydrogen-bond donors (Lipinski definition) is 5. The topological polar surface area (TPSA) is 161 Å². The summed E-state index contributed by atoms with van der Waals surface area (Å²) in [6.07, 6.45) is 6.96. The number of Topliss-reactive ketones (excluding diaryl/α,β-unsaturated/α-hetero) is 2. The van der Waals surface area contributed by atoms with Gasteiger partial charge in [-0.25, -0.2) is 0 Å². The van der Waals surface area contributed by atoms with Crippen molar-refractivity contribution >= 4 is 17.5 Å². The molecule has 1 aromatic rings. The van der Waals surface area contributed by atoms with E-state index in [0.29, 0.717) is 17.5 Å². The number of phenolic OH excluding ortho intramolecular Hbond substituents is 1. The van der Waals surface area contributed by atoms with Crippen LogP contribution in [0.5, 0.6) is 5.75 Å². The maximum absolute atomic E-state index is 14.0. The van der Waals surface area contributed by atoms with E-state index in [0.717, 1.165) is 36.8 Å². The van der Waals surface area contributed by atoms with E-state index in [9.17, 15) is 34.8 Å². The summed E-state index contributed by atoms with van der Waals surface area (Å²) in [5.41, 5.74) is 4.51. The maximum atomic E-state index is 14.0. The maximum Gasteiger partial charge on any atom is 0.255 e. The lowest BCUT2D eigenvalue weighted by Gasteiger charge is -2.50. The Kier molecular flexibility index (Phi) is 6.89. The van der Waals surface area contributed by atoms with Crippen molar-refractivity contribution in [2.24, 2.45) is 17.6 Å². The van der Waals surface area contributed by atoms with Crippen molar-refractivity contribution in [3.8, 4) is 17.6 Å². The number of likely N-dealkylation sites (N-methyl/N-ethyl adjacent to an activating group) is 1. The predicted molar refractivity (Wildman–Crippen MR) is 146 cm³/mol. The number of allylic oxidation sites excluding steroid dienone is 3. The van der Waals surface area contributed by atoms with Gasteiger partial charge in [-0.05, 0) is 87.7 Å². The summed E-state index contributed by atoms with van der Waals surface area (Å²) in [5.74, 6) is -0.455. The van der Waals surface area contributed by atoms with Crippen LogP contribution in [-0.4, -0.2) is 68.5 Å². The average molecular weight is 547 g/mol. The molecule has 210 valence electrons. The van der Waals surface area contributed by atoms with Gasteiger partial charge in [0.15, 0.2) is 11.4 Å². The molecule has 6 N–H and O–H groups in total. The summed E-state index contributed by atoms with van der Waals surface area (Å²) < 4.78 is 0. The van der Waals surface area contributed by atoms with Crippen LogP contribution in [0.1, 0.15) is 66.1 Å². The van der Waals surface area contributed by atoms with Gasteiger partial charge in [0.25, 0.3) is 5.91 Å². The number of aromatic hydroxyl groups is 1. The third-order valence-corrected chi connectivity index (χ3v) is 8.84. The molecule has 5 rings (SSSR count). The van der Waals surface area contributed by atoms with Gasteiger partial charge in [-0.1, -0.05) is 24.8 Å². The number of aliphatic hydroxyl groups is 3. The molecule has 0 fully saturated rings. The summed E-state index contributed by atoms with van der Waals surface area (Å²) in [5, 5.41) is 45.4. The van der Waals surface area contributed by atoms with Crippen molar-refractivity contribution in [3.05, 3.63) is 62.6 Å². The zero-order valence-electron chi connectivity index (χ0n) is 22.9. The Bertz CT molecular complexity index is 1500. The summed E-state index contributed by atoms with van der Waals surface area (Å²) in [7, 11) is 3.21. The third kappa shape index (κ3) is 3.97. The minimum absolute atomic E-state index is 0.00190. The van der Waals surface area contributed by atoms with E-state index in [2.05, 4.69) is 17.9 Å². The molecule has 0 aromatic heterocycles. The number of nitrogens with zero attached hydrogens (tertiary/aromatic N) is 1. The molecule has 0 aliphatic heterocycles. The smallest absolute Gasteiger partial charge is 0.255 e. The molecule has 0 radical (unpaired) electrons. The summed E-state index contributed by atoms with van der Waals surface area (Å²) in [4.78, 5) is 41.1. The minimum atomic E-state index is -2.65. The SMILES string of the molecule is CCc1cc(C#CC2=CCCCC2)c(O)c2c1CC1CC3C(N(C)C)C(O)=C(C(N)=O)C(=O)C3(O)C(O)=C1C2=O. The molecular formula is C31H34N2O7. The fourth-order valence-electron chi connectivity index (χ4n) is 6.91. The Hall–Kier alpha value is -3.87. The minimum Gasteiger partial charge on any atom is -0.510 e. The lowest BCUT2D eigenvalue weighted by molar-refractivity contribution is -0.148. The van der Waals surface area contributed by atoms with Crippen LogP contribution in [0.2, 0.25) is 0 Å². The molecular weight excluding hydrogens is 512 g/mol. The summed E-state index contributed by atoms with van der Waals surface area (Å²) >= 11 is 0. The van der Waals surface area contributed by atoms with E-state index in [4.69, 9.17) is 5.73 Å². The first-order valence-electron chi connectivity index (χ1n) is 13.7. The van der Waals surface area contributed by atoms with Crippen LogP contribution in [0.3, 0.4) is 0 Å². The van der Waals surface area contributed by atoms with E-state index in [-0.39, 0.29) is 29.7 Å². The first kappa shape index (κ1) is 27.7. The van der Waals surface area contributed by atoms with Crippen molar-refractivity contribution in [2.45, 2.75) is 63.5 Å². The second kappa shape index (κ2) is 9.95. The lowest BCUT2D eigenvalue weighted by atomic mass is 9.58. The number of benzene rings is 1. The Morgan fingerprint density at radius 1 is 1.18 bits per heavy atom. The van der Waals surface area contributed by atoms with Gasteiger partial charge in [-0.2, -0.15) is 0 Å². The molecule has 1 aromatic carbocycles. The number of amides is 1. The molecule has 9 heteroatoms. The zero-order valence-corrected chi connectivity index (χ0v) is 22.9. The largest absolute Gasteiger partial charge is 0.510 e. The Labute approximate surface area is 232 Å². The Morgan fingerprint density at radius 3 is 2.50 bits per heavy atom. The van der Waals surface area contributed by atoms with E-state index in [1.807, 2.05) is 6.92 Å². The van der Waals surface area contributed by atoms with Crippen molar-refractivity contribution in [1.82, 2.24) is 4.90 Å². The van der Waals surface area contributed by atoms with Gasteiger partial charge in [-0.15, -0.1) is 0 Å². The fourth-order valence-corrected chi connectivity index (χ4v) is 6.91. The molecule has 0 saturated carbocycles. The van der Waals surface area contributed by atoms with E-state index in [1.54, 1.807) is 20.2 Å². The number of nitrogens with two attached hydrogens (primary N) is 1. The molecule has 4 aliphatic rings. The molecule has 1 amide bonds.